The number of nitrogens with zero attached hydrogens (tertiary/aromatic N) is 7. The lowest BCUT2D eigenvalue weighted by atomic mass is 9.96. The highest BCUT2D eigenvalue weighted by Gasteiger charge is 2.36. The van der Waals surface area contributed by atoms with Crippen molar-refractivity contribution >= 4 is 16.7 Å². The summed E-state index contributed by atoms with van der Waals surface area (Å²) in [5.41, 5.74) is 4.77. The third-order valence-electron chi connectivity index (χ3n) is 7.70. The molecule has 1 saturated heterocycles. The quantitative estimate of drug-likeness (QED) is 0.541. The fourth-order valence-electron chi connectivity index (χ4n) is 5.57. The van der Waals surface area contributed by atoms with E-state index in [1.807, 2.05) is 6.20 Å². The molecule has 184 valence electrons. The molecule has 0 spiro atoms. The van der Waals surface area contributed by atoms with E-state index >= 15 is 0 Å². The molecule has 0 aromatic carbocycles. The molecule has 5 heterocycles. The lowest BCUT2D eigenvalue weighted by Crippen LogP contribution is -2.58. The van der Waals surface area contributed by atoms with Gasteiger partial charge >= 0.3 is 0 Å². The van der Waals surface area contributed by atoms with Gasteiger partial charge in [-0.15, -0.1) is 0 Å². The number of aryl methyl sites for hydroxylation is 1. The number of rotatable bonds is 6. The average Bonchev–Trinajstić information content (AvgIpc) is 3.52. The Bertz CT molecular complexity index is 1340. The first-order chi connectivity index (χ1) is 16.9. The topological polar surface area (TPSA) is 92.2 Å². The highest BCUT2D eigenvalue weighted by Crippen LogP contribution is 2.35. The van der Waals surface area contributed by atoms with Crippen LogP contribution in [0.25, 0.3) is 11.0 Å². The van der Waals surface area contributed by atoms with Crippen LogP contribution in [0.1, 0.15) is 50.8 Å². The standard InChI is InChI=1S/C26H33N7O2/c1-5-20-15-33(22-12-24(34)30(4)23-16-31(9-8-27)29-25(22)23)21(6-2)14-32(20)17(3)19-11-18-7-10-35-26(18)28-13-19/h11-13,16-17,20-21H,5-7,9-10,14-15H2,1-4H3/t17?,20-,21+/m1/s1. The predicted octanol–water partition coefficient (Wildman–Crippen LogP) is 3.03. The summed E-state index contributed by atoms with van der Waals surface area (Å²) in [5, 5.41) is 13.8. The van der Waals surface area contributed by atoms with Crippen LogP contribution in [-0.2, 0) is 20.0 Å². The van der Waals surface area contributed by atoms with Crippen molar-refractivity contribution < 1.29 is 4.74 Å². The average molecular weight is 476 g/mol. The van der Waals surface area contributed by atoms with E-state index in [0.29, 0.717) is 12.6 Å². The first-order valence-corrected chi connectivity index (χ1v) is 12.5. The highest BCUT2D eigenvalue weighted by molar-refractivity contribution is 5.88. The van der Waals surface area contributed by atoms with Crippen molar-refractivity contribution in [3.63, 3.8) is 0 Å². The molecule has 2 aliphatic heterocycles. The van der Waals surface area contributed by atoms with Crippen LogP contribution < -0.4 is 15.2 Å². The van der Waals surface area contributed by atoms with Crippen LogP contribution in [0.2, 0.25) is 0 Å². The maximum Gasteiger partial charge on any atom is 0.252 e. The molecular formula is C26H33N7O2. The number of ether oxygens (including phenoxy) is 1. The molecule has 0 radical (unpaired) electrons. The monoisotopic (exact) mass is 475 g/mol. The zero-order chi connectivity index (χ0) is 24.7. The molecule has 3 aromatic heterocycles. The fraction of sp³-hybridized carbons (Fsp3) is 0.538. The largest absolute Gasteiger partial charge is 0.477 e. The van der Waals surface area contributed by atoms with Crippen molar-refractivity contribution in [1.82, 2.24) is 24.2 Å². The molecule has 0 bridgehead atoms. The first-order valence-electron chi connectivity index (χ1n) is 12.5. The Morgan fingerprint density at radius 2 is 2.03 bits per heavy atom. The summed E-state index contributed by atoms with van der Waals surface area (Å²) in [6, 6.07) is 6.90. The SMILES string of the molecule is CC[C@H]1CN(C(C)c2cnc3c(c2)CCO3)[C@H](CC)CN1c1cc(=O)n(C)c2cn(CC#N)nc12. The Hall–Kier alpha value is -3.38. The lowest BCUT2D eigenvalue weighted by molar-refractivity contribution is 0.101. The number of aromatic nitrogens is 4. The maximum atomic E-state index is 12.9. The summed E-state index contributed by atoms with van der Waals surface area (Å²) >= 11 is 0. The van der Waals surface area contributed by atoms with Gasteiger partial charge in [-0.05, 0) is 31.4 Å². The minimum atomic E-state index is -0.0610. The van der Waals surface area contributed by atoms with Gasteiger partial charge in [0, 0.05) is 62.5 Å². The molecule has 9 heteroatoms. The summed E-state index contributed by atoms with van der Waals surface area (Å²) in [6.07, 6.45) is 6.62. The van der Waals surface area contributed by atoms with Crippen LogP contribution >= 0.6 is 0 Å². The summed E-state index contributed by atoms with van der Waals surface area (Å²) in [5.74, 6) is 0.773. The third kappa shape index (κ3) is 4.06. The van der Waals surface area contributed by atoms with Crippen LogP contribution in [0.15, 0.2) is 29.3 Å². The fourth-order valence-corrected chi connectivity index (χ4v) is 5.57. The third-order valence-corrected chi connectivity index (χ3v) is 7.70. The normalized spacial score (nSPS) is 21.1. The number of hydrogen-bond acceptors (Lipinski definition) is 7. The second-order valence-corrected chi connectivity index (χ2v) is 9.63. The van der Waals surface area contributed by atoms with Gasteiger partial charge in [0.25, 0.3) is 5.56 Å². The summed E-state index contributed by atoms with van der Waals surface area (Å²) in [4.78, 5) is 22.4. The number of nitriles is 1. The zero-order valence-corrected chi connectivity index (χ0v) is 20.9. The second kappa shape index (κ2) is 9.34. The number of piperazine rings is 1. The molecule has 0 amide bonds. The van der Waals surface area contributed by atoms with Gasteiger partial charge < -0.3 is 14.2 Å². The van der Waals surface area contributed by atoms with Crippen LogP contribution in [0.5, 0.6) is 5.88 Å². The van der Waals surface area contributed by atoms with Gasteiger partial charge in [-0.25, -0.2) is 4.98 Å². The zero-order valence-electron chi connectivity index (χ0n) is 20.9. The van der Waals surface area contributed by atoms with Gasteiger partial charge in [0.1, 0.15) is 12.1 Å². The van der Waals surface area contributed by atoms with Gasteiger partial charge in [-0.1, -0.05) is 13.8 Å². The van der Waals surface area contributed by atoms with Crippen LogP contribution in [0, 0.1) is 11.3 Å². The summed E-state index contributed by atoms with van der Waals surface area (Å²) in [6.45, 7) is 9.27. The highest BCUT2D eigenvalue weighted by atomic mass is 16.5. The van der Waals surface area contributed by atoms with Gasteiger partial charge in [0.15, 0.2) is 0 Å². The molecule has 35 heavy (non-hydrogen) atoms. The summed E-state index contributed by atoms with van der Waals surface area (Å²) in [7, 11) is 1.76. The smallest absolute Gasteiger partial charge is 0.252 e. The maximum absolute atomic E-state index is 12.9. The van der Waals surface area contributed by atoms with Crippen molar-refractivity contribution in [3.8, 4) is 11.9 Å². The van der Waals surface area contributed by atoms with Gasteiger partial charge in [0.2, 0.25) is 5.88 Å². The Balaban J connectivity index is 1.49. The van der Waals surface area contributed by atoms with Gasteiger partial charge in [0.05, 0.1) is 30.1 Å². The van der Waals surface area contributed by atoms with Gasteiger partial charge in [-0.3, -0.25) is 14.4 Å². The molecule has 2 aliphatic rings. The molecule has 0 N–H and O–H groups in total. The van der Waals surface area contributed by atoms with E-state index in [1.165, 1.54) is 11.1 Å². The van der Waals surface area contributed by atoms with Crippen molar-refractivity contribution in [1.29, 1.82) is 5.26 Å². The molecule has 9 nitrogen and oxygen atoms in total. The van der Waals surface area contributed by atoms with E-state index in [-0.39, 0.29) is 24.2 Å². The molecule has 3 atom stereocenters. The van der Waals surface area contributed by atoms with E-state index < -0.39 is 0 Å². The molecule has 0 saturated carbocycles. The first kappa shape index (κ1) is 23.4. The minimum absolute atomic E-state index is 0.0610. The van der Waals surface area contributed by atoms with Crippen molar-refractivity contribution in [3.05, 3.63) is 46.0 Å². The van der Waals surface area contributed by atoms with Crippen LogP contribution in [-0.4, -0.2) is 56.0 Å². The van der Waals surface area contributed by atoms with Crippen molar-refractivity contribution in [2.75, 3.05) is 24.6 Å². The molecule has 1 fully saturated rings. The lowest BCUT2D eigenvalue weighted by Gasteiger charge is -2.49. The summed E-state index contributed by atoms with van der Waals surface area (Å²) < 4.78 is 8.84. The molecule has 3 aromatic rings. The molecule has 0 aliphatic carbocycles. The van der Waals surface area contributed by atoms with Crippen LogP contribution in [0.4, 0.5) is 5.69 Å². The van der Waals surface area contributed by atoms with E-state index in [2.05, 4.69) is 47.7 Å². The second-order valence-electron chi connectivity index (χ2n) is 9.63. The Kier molecular flexibility index (Phi) is 6.24. The molecular weight excluding hydrogens is 442 g/mol. The molecule has 5 rings (SSSR count). The number of hydrogen-bond donors (Lipinski definition) is 0. The number of pyridine rings is 2. The Labute approximate surface area is 205 Å². The van der Waals surface area contributed by atoms with Gasteiger partial charge in [-0.2, -0.15) is 10.4 Å². The van der Waals surface area contributed by atoms with E-state index in [0.717, 1.165) is 55.0 Å². The van der Waals surface area contributed by atoms with Crippen LogP contribution in [0.3, 0.4) is 0 Å². The number of anilines is 1. The Morgan fingerprint density at radius 3 is 2.77 bits per heavy atom. The van der Waals surface area contributed by atoms with E-state index in [9.17, 15) is 4.79 Å². The van der Waals surface area contributed by atoms with E-state index in [4.69, 9.17) is 15.1 Å². The van der Waals surface area contributed by atoms with Crippen molar-refractivity contribution in [2.24, 2.45) is 7.05 Å². The van der Waals surface area contributed by atoms with E-state index in [1.54, 1.807) is 28.6 Å². The molecule has 1 unspecified atom stereocenters. The Morgan fingerprint density at radius 1 is 1.23 bits per heavy atom. The minimum Gasteiger partial charge on any atom is -0.477 e. The van der Waals surface area contributed by atoms with Crippen molar-refractivity contribution in [2.45, 2.75) is 64.7 Å². The predicted molar refractivity (Wildman–Crippen MR) is 135 cm³/mol. The number of fused-ring (bicyclic) bond motifs is 2.